The third kappa shape index (κ3) is 5.51. The SMILES string of the molecule is Cc1ccccc1N(C)[CH]=[Ru]([Cl])([Cl])=[CH]c1ccccc1OC(C)C. The maximum atomic E-state index is 6.70. The van der Waals surface area contributed by atoms with Crippen LogP contribution >= 0.6 is 19.4 Å². The summed E-state index contributed by atoms with van der Waals surface area (Å²) in [6.07, 6.45) is 0.101. The predicted octanol–water partition coefficient (Wildman–Crippen LogP) is 5.29. The van der Waals surface area contributed by atoms with Gasteiger partial charge in [0.1, 0.15) is 0 Å². The van der Waals surface area contributed by atoms with Crippen molar-refractivity contribution < 1.29 is 16.6 Å². The molecule has 0 aliphatic heterocycles. The number of hydrogen-bond acceptors (Lipinski definition) is 2. The summed E-state index contributed by atoms with van der Waals surface area (Å²) >= 11 is -3.11. The zero-order valence-electron chi connectivity index (χ0n) is 14.3. The van der Waals surface area contributed by atoms with E-state index in [1.54, 1.807) is 0 Å². The Balaban J connectivity index is 2.43. The molecule has 0 spiro atoms. The number of ether oxygens (including phenoxy) is 1. The maximum absolute atomic E-state index is 6.70. The summed E-state index contributed by atoms with van der Waals surface area (Å²) in [5.41, 5.74) is 3.23. The Morgan fingerprint density at radius 2 is 1.67 bits per heavy atom. The third-order valence-electron chi connectivity index (χ3n) is 3.28. The second-order valence-corrected chi connectivity index (χ2v) is 15.1. The van der Waals surface area contributed by atoms with Gasteiger partial charge in [-0.05, 0) is 0 Å². The van der Waals surface area contributed by atoms with Crippen molar-refractivity contribution in [2.45, 2.75) is 26.9 Å². The van der Waals surface area contributed by atoms with E-state index in [0.29, 0.717) is 0 Å². The standard InChI is InChI=1S/C10H12O.C9H11N.2ClH.Ru/c1-8(2)11-10-7-5-4-6-9(10)3;1-8-6-4-5-7-9(8)10(2)3;;;/h3-8H,1-2H3;2,4-7H,1,3H3;2*1H;/q;;;;+2/p-2. The van der Waals surface area contributed by atoms with Gasteiger partial charge in [0.25, 0.3) is 0 Å². The van der Waals surface area contributed by atoms with E-state index in [2.05, 4.69) is 19.1 Å². The molecule has 0 atom stereocenters. The molecule has 0 heterocycles. The van der Waals surface area contributed by atoms with Gasteiger partial charge in [-0.1, -0.05) is 0 Å². The fourth-order valence-electron chi connectivity index (χ4n) is 2.29. The molecule has 0 aliphatic rings. The van der Waals surface area contributed by atoms with Crippen LogP contribution in [0.5, 0.6) is 5.75 Å². The molecule has 24 heavy (non-hydrogen) atoms. The molecule has 0 bridgehead atoms. The molecule has 0 saturated carbocycles. The second kappa shape index (κ2) is 8.38. The molecule has 0 aliphatic carbocycles. The minimum absolute atomic E-state index is 0.101. The van der Waals surface area contributed by atoms with E-state index in [9.17, 15) is 0 Å². The first-order valence-corrected chi connectivity index (χ1v) is 14.1. The summed E-state index contributed by atoms with van der Waals surface area (Å²) in [7, 11) is 15.4. The Hall–Kier alpha value is -1.02. The summed E-state index contributed by atoms with van der Waals surface area (Å²) in [6, 6.07) is 16.0. The predicted molar refractivity (Wildman–Crippen MR) is 105 cm³/mol. The van der Waals surface area contributed by atoms with Gasteiger partial charge in [0.2, 0.25) is 0 Å². The number of anilines is 1. The molecule has 2 aromatic carbocycles. The monoisotopic (exact) mass is 453 g/mol. The first-order valence-electron chi connectivity index (χ1n) is 7.64. The Morgan fingerprint density at radius 3 is 2.33 bits per heavy atom. The number of nitrogens with zero attached hydrogens (tertiary/aromatic N) is 1. The molecule has 0 N–H and O–H groups in total. The summed E-state index contributed by atoms with van der Waals surface area (Å²) in [6.45, 7) is 6.08. The molecule has 132 valence electrons. The Labute approximate surface area is 154 Å². The van der Waals surface area contributed by atoms with Gasteiger partial charge in [0.15, 0.2) is 0 Å². The number of para-hydroxylation sites is 2. The molecule has 0 radical (unpaired) electrons. The van der Waals surface area contributed by atoms with E-state index in [-0.39, 0.29) is 6.10 Å². The van der Waals surface area contributed by atoms with Crippen LogP contribution in [0.15, 0.2) is 48.5 Å². The first kappa shape index (κ1) is 19.3. The minimum atomic E-state index is -3.11. The van der Waals surface area contributed by atoms with Crippen LogP contribution in [-0.2, 0) is 11.9 Å². The molecule has 2 aromatic rings. The molecular weight excluding hydrogens is 430 g/mol. The summed E-state index contributed by atoms with van der Waals surface area (Å²) < 4.78 is 9.77. The Morgan fingerprint density at radius 1 is 1.04 bits per heavy atom. The van der Waals surface area contributed by atoms with Gasteiger partial charge in [0, 0.05) is 0 Å². The fraction of sp³-hybridized carbons (Fsp3) is 0.263. The van der Waals surface area contributed by atoms with Crippen LogP contribution in [0.3, 0.4) is 0 Å². The van der Waals surface area contributed by atoms with Gasteiger partial charge < -0.3 is 0 Å². The van der Waals surface area contributed by atoms with Crippen molar-refractivity contribution in [3.8, 4) is 5.75 Å². The summed E-state index contributed by atoms with van der Waals surface area (Å²) in [5.74, 6) is 0.811. The van der Waals surface area contributed by atoms with Crippen LogP contribution in [0.25, 0.3) is 0 Å². The average Bonchev–Trinajstić information content (AvgIpc) is 2.48. The third-order valence-corrected chi connectivity index (χ3v) is 7.49. The number of benzene rings is 2. The quantitative estimate of drug-likeness (QED) is 0.571. The van der Waals surface area contributed by atoms with Crippen LogP contribution in [0.2, 0.25) is 0 Å². The van der Waals surface area contributed by atoms with E-state index >= 15 is 0 Å². The molecule has 2 nitrogen and oxygen atoms in total. The Kier molecular flexibility index (Phi) is 6.74. The van der Waals surface area contributed by atoms with E-state index < -0.39 is 11.9 Å². The number of hydrogen-bond donors (Lipinski definition) is 0. The van der Waals surface area contributed by atoms with E-state index in [1.165, 1.54) is 5.56 Å². The number of halogens is 2. The van der Waals surface area contributed by atoms with Crippen molar-refractivity contribution in [3.63, 3.8) is 0 Å². The topological polar surface area (TPSA) is 12.5 Å². The summed E-state index contributed by atoms with van der Waals surface area (Å²) in [4.78, 5) is 2.02. The zero-order chi connectivity index (χ0) is 17.7. The van der Waals surface area contributed by atoms with Crippen LogP contribution in [0.4, 0.5) is 5.69 Å². The van der Waals surface area contributed by atoms with Crippen LogP contribution < -0.4 is 9.64 Å². The van der Waals surface area contributed by atoms with Crippen molar-refractivity contribution in [3.05, 3.63) is 59.7 Å². The van der Waals surface area contributed by atoms with E-state index in [1.807, 2.05) is 71.5 Å². The fourth-order valence-corrected chi connectivity index (χ4v) is 6.90. The van der Waals surface area contributed by atoms with Gasteiger partial charge in [-0.25, -0.2) is 0 Å². The number of rotatable bonds is 5. The Bertz CT molecular complexity index is 816. The molecule has 0 amide bonds. The zero-order valence-corrected chi connectivity index (χ0v) is 17.6. The molecular formula is C19H23Cl2NORu. The van der Waals surface area contributed by atoms with Gasteiger partial charge >= 0.3 is 155 Å². The van der Waals surface area contributed by atoms with Crippen LogP contribution in [-0.4, -0.2) is 22.5 Å². The summed E-state index contributed by atoms with van der Waals surface area (Å²) in [5, 5.41) is 0. The molecule has 0 unspecified atom stereocenters. The second-order valence-electron chi connectivity index (χ2n) is 5.77. The van der Waals surface area contributed by atoms with Crippen molar-refractivity contribution in [2.75, 3.05) is 11.9 Å². The van der Waals surface area contributed by atoms with E-state index in [4.69, 9.17) is 24.1 Å². The molecule has 0 fully saturated rings. The van der Waals surface area contributed by atoms with Crippen molar-refractivity contribution >= 4 is 34.4 Å². The number of aryl methyl sites for hydroxylation is 1. The average molecular weight is 453 g/mol. The van der Waals surface area contributed by atoms with Crippen molar-refractivity contribution in [1.29, 1.82) is 0 Å². The molecule has 0 saturated heterocycles. The van der Waals surface area contributed by atoms with Gasteiger partial charge in [-0.15, -0.1) is 0 Å². The molecule has 2 rings (SSSR count). The van der Waals surface area contributed by atoms with E-state index in [0.717, 1.165) is 17.0 Å². The van der Waals surface area contributed by atoms with Gasteiger partial charge in [0.05, 0.1) is 0 Å². The molecule has 5 heteroatoms. The van der Waals surface area contributed by atoms with Crippen molar-refractivity contribution in [1.82, 2.24) is 0 Å². The van der Waals surface area contributed by atoms with Crippen LogP contribution in [0.1, 0.15) is 25.0 Å². The van der Waals surface area contributed by atoms with Crippen LogP contribution in [0, 0.1) is 6.92 Å². The van der Waals surface area contributed by atoms with Gasteiger partial charge in [-0.3, -0.25) is 0 Å². The normalized spacial score (nSPS) is 12.0. The molecule has 0 aromatic heterocycles. The van der Waals surface area contributed by atoms with Gasteiger partial charge in [-0.2, -0.15) is 0 Å². The first-order chi connectivity index (χ1) is 11.3. The van der Waals surface area contributed by atoms with Crippen molar-refractivity contribution in [2.24, 2.45) is 0 Å².